The third-order valence-electron chi connectivity index (χ3n) is 1.75. The van der Waals surface area contributed by atoms with Crippen molar-refractivity contribution in [1.82, 2.24) is 0 Å². The van der Waals surface area contributed by atoms with Gasteiger partial charge in [-0.15, -0.1) is 0 Å². The molecule has 0 atom stereocenters. The van der Waals surface area contributed by atoms with Crippen molar-refractivity contribution in [2.75, 3.05) is 26.9 Å². The minimum Gasteiger partial charge on any atom is -0.382 e. The Morgan fingerprint density at radius 2 is 1.75 bits per heavy atom. The van der Waals surface area contributed by atoms with E-state index in [-0.39, 0.29) is 0 Å². The zero-order chi connectivity index (χ0) is 9.23. The SMILES string of the molecule is COCCOCCCCC(C)C. The standard InChI is InChI=1S/C10H22O2/c1-10(2)6-4-5-7-12-9-8-11-3/h10H,4-9H2,1-3H3. The lowest BCUT2D eigenvalue weighted by Gasteiger charge is -2.05. The summed E-state index contributed by atoms with van der Waals surface area (Å²) in [7, 11) is 1.70. The van der Waals surface area contributed by atoms with Crippen LogP contribution in [-0.2, 0) is 9.47 Å². The predicted molar refractivity (Wildman–Crippen MR) is 51.4 cm³/mol. The van der Waals surface area contributed by atoms with Gasteiger partial charge in [-0.2, -0.15) is 0 Å². The van der Waals surface area contributed by atoms with E-state index in [1.54, 1.807) is 7.11 Å². The van der Waals surface area contributed by atoms with Gasteiger partial charge in [0, 0.05) is 13.7 Å². The first-order chi connectivity index (χ1) is 5.77. The molecule has 0 spiro atoms. The van der Waals surface area contributed by atoms with Crippen molar-refractivity contribution in [3.63, 3.8) is 0 Å². The largest absolute Gasteiger partial charge is 0.382 e. The molecule has 0 saturated carbocycles. The zero-order valence-corrected chi connectivity index (χ0v) is 8.64. The Morgan fingerprint density at radius 1 is 1.00 bits per heavy atom. The first-order valence-electron chi connectivity index (χ1n) is 4.84. The molecule has 0 aliphatic carbocycles. The smallest absolute Gasteiger partial charge is 0.0700 e. The lowest BCUT2D eigenvalue weighted by atomic mass is 10.1. The minimum atomic E-state index is 0.712. The summed E-state index contributed by atoms with van der Waals surface area (Å²) in [5, 5.41) is 0. The second-order valence-electron chi connectivity index (χ2n) is 3.49. The highest BCUT2D eigenvalue weighted by atomic mass is 16.5. The van der Waals surface area contributed by atoms with Crippen LogP contribution in [-0.4, -0.2) is 26.9 Å². The number of ether oxygens (including phenoxy) is 2. The van der Waals surface area contributed by atoms with E-state index >= 15 is 0 Å². The van der Waals surface area contributed by atoms with Gasteiger partial charge in [0.15, 0.2) is 0 Å². The molecule has 0 radical (unpaired) electrons. The minimum absolute atomic E-state index is 0.712. The Morgan fingerprint density at radius 3 is 2.33 bits per heavy atom. The molecule has 0 aromatic rings. The van der Waals surface area contributed by atoms with Gasteiger partial charge in [0.05, 0.1) is 13.2 Å². The van der Waals surface area contributed by atoms with Gasteiger partial charge in [0.2, 0.25) is 0 Å². The molecule has 74 valence electrons. The summed E-state index contributed by atoms with van der Waals surface area (Å²) in [6, 6.07) is 0. The molecule has 0 heterocycles. The number of rotatable bonds is 8. The van der Waals surface area contributed by atoms with Crippen LogP contribution in [0.4, 0.5) is 0 Å². The molecule has 2 heteroatoms. The first kappa shape index (κ1) is 11.9. The quantitative estimate of drug-likeness (QED) is 0.526. The van der Waals surface area contributed by atoms with E-state index in [9.17, 15) is 0 Å². The normalized spacial score (nSPS) is 11.0. The Kier molecular flexibility index (Phi) is 8.95. The van der Waals surface area contributed by atoms with Gasteiger partial charge in [-0.1, -0.05) is 26.7 Å². The number of hydrogen-bond donors (Lipinski definition) is 0. The molecule has 0 N–H and O–H groups in total. The van der Waals surface area contributed by atoms with Gasteiger partial charge in [0.25, 0.3) is 0 Å². The molecule has 0 aliphatic rings. The van der Waals surface area contributed by atoms with E-state index in [1.807, 2.05) is 0 Å². The molecule has 2 nitrogen and oxygen atoms in total. The van der Waals surface area contributed by atoms with Crippen molar-refractivity contribution in [3.8, 4) is 0 Å². The van der Waals surface area contributed by atoms with Gasteiger partial charge in [0.1, 0.15) is 0 Å². The summed E-state index contributed by atoms with van der Waals surface area (Å²) in [5.41, 5.74) is 0. The molecule has 0 aliphatic heterocycles. The fourth-order valence-electron chi connectivity index (χ4n) is 1.00. The van der Waals surface area contributed by atoms with Crippen LogP contribution >= 0.6 is 0 Å². The molecular formula is C10H22O2. The Bertz CT molecular complexity index is 81.9. The second kappa shape index (κ2) is 9.01. The predicted octanol–water partition coefficient (Wildman–Crippen LogP) is 2.48. The average Bonchev–Trinajstić information content (AvgIpc) is 2.02. The van der Waals surface area contributed by atoms with Crippen LogP contribution in [0, 0.1) is 5.92 Å². The highest BCUT2D eigenvalue weighted by Gasteiger charge is 1.93. The average molecular weight is 174 g/mol. The van der Waals surface area contributed by atoms with E-state index in [0.29, 0.717) is 6.61 Å². The van der Waals surface area contributed by atoms with Crippen LogP contribution in [0.1, 0.15) is 33.1 Å². The number of methoxy groups -OCH3 is 1. The van der Waals surface area contributed by atoms with Crippen molar-refractivity contribution < 1.29 is 9.47 Å². The second-order valence-corrected chi connectivity index (χ2v) is 3.49. The van der Waals surface area contributed by atoms with Crippen LogP contribution in [0.5, 0.6) is 0 Å². The van der Waals surface area contributed by atoms with Crippen LogP contribution in [0.25, 0.3) is 0 Å². The first-order valence-corrected chi connectivity index (χ1v) is 4.84. The summed E-state index contributed by atoms with van der Waals surface area (Å²) in [5.74, 6) is 0.823. The van der Waals surface area contributed by atoms with E-state index in [1.165, 1.54) is 19.3 Å². The van der Waals surface area contributed by atoms with Crippen molar-refractivity contribution in [1.29, 1.82) is 0 Å². The maximum atomic E-state index is 5.33. The van der Waals surface area contributed by atoms with Crippen molar-refractivity contribution >= 4 is 0 Å². The molecule has 0 unspecified atom stereocenters. The molecule has 0 amide bonds. The highest BCUT2D eigenvalue weighted by Crippen LogP contribution is 2.05. The highest BCUT2D eigenvalue weighted by molar-refractivity contribution is 4.45. The van der Waals surface area contributed by atoms with Crippen molar-refractivity contribution in [2.45, 2.75) is 33.1 Å². The van der Waals surface area contributed by atoms with Crippen LogP contribution in [0.2, 0.25) is 0 Å². The molecule has 0 rings (SSSR count). The van der Waals surface area contributed by atoms with Crippen molar-refractivity contribution in [3.05, 3.63) is 0 Å². The molecule has 12 heavy (non-hydrogen) atoms. The maximum Gasteiger partial charge on any atom is 0.0700 e. The van der Waals surface area contributed by atoms with Gasteiger partial charge in [-0.25, -0.2) is 0 Å². The van der Waals surface area contributed by atoms with Gasteiger partial charge in [-0.3, -0.25) is 0 Å². The fourth-order valence-corrected chi connectivity index (χ4v) is 1.00. The van der Waals surface area contributed by atoms with Crippen LogP contribution in [0.3, 0.4) is 0 Å². The topological polar surface area (TPSA) is 18.5 Å². The summed E-state index contributed by atoms with van der Waals surface area (Å²) in [6.45, 7) is 6.84. The Balaban J connectivity index is 2.82. The van der Waals surface area contributed by atoms with Crippen LogP contribution in [0.15, 0.2) is 0 Å². The lowest BCUT2D eigenvalue weighted by molar-refractivity contribution is 0.0683. The van der Waals surface area contributed by atoms with Gasteiger partial charge < -0.3 is 9.47 Å². The molecule has 0 saturated heterocycles. The fraction of sp³-hybridized carbons (Fsp3) is 1.00. The third-order valence-corrected chi connectivity index (χ3v) is 1.75. The van der Waals surface area contributed by atoms with Crippen LogP contribution < -0.4 is 0 Å². The maximum absolute atomic E-state index is 5.33. The van der Waals surface area contributed by atoms with E-state index in [4.69, 9.17) is 9.47 Å². The summed E-state index contributed by atoms with van der Waals surface area (Å²) in [4.78, 5) is 0. The number of unbranched alkanes of at least 4 members (excludes halogenated alkanes) is 1. The molecule has 0 bridgehead atoms. The Hall–Kier alpha value is -0.0800. The molecule has 0 fully saturated rings. The molecule has 0 aromatic heterocycles. The monoisotopic (exact) mass is 174 g/mol. The van der Waals surface area contributed by atoms with Gasteiger partial charge in [-0.05, 0) is 12.3 Å². The summed E-state index contributed by atoms with van der Waals surface area (Å²) >= 11 is 0. The van der Waals surface area contributed by atoms with Crippen molar-refractivity contribution in [2.24, 2.45) is 5.92 Å². The van der Waals surface area contributed by atoms with E-state index in [2.05, 4.69) is 13.8 Å². The number of hydrogen-bond acceptors (Lipinski definition) is 2. The van der Waals surface area contributed by atoms with E-state index < -0.39 is 0 Å². The third kappa shape index (κ3) is 9.92. The zero-order valence-electron chi connectivity index (χ0n) is 8.64. The molecule has 0 aromatic carbocycles. The summed E-state index contributed by atoms with van der Waals surface area (Å²) < 4.78 is 10.2. The molecular weight excluding hydrogens is 152 g/mol. The van der Waals surface area contributed by atoms with Gasteiger partial charge >= 0.3 is 0 Å². The summed E-state index contributed by atoms with van der Waals surface area (Å²) in [6.07, 6.45) is 3.78. The lowest BCUT2D eigenvalue weighted by Crippen LogP contribution is -2.03. The van der Waals surface area contributed by atoms with E-state index in [0.717, 1.165) is 19.1 Å². The Labute approximate surface area is 76.3 Å².